The van der Waals surface area contributed by atoms with Crippen molar-refractivity contribution in [3.8, 4) is 11.5 Å². The molecule has 0 spiro atoms. The number of carbonyl (C=O) groups is 2. The van der Waals surface area contributed by atoms with Gasteiger partial charge >= 0.3 is 0 Å². The smallest absolute Gasteiger partial charge is 0.255 e. The van der Waals surface area contributed by atoms with Crippen molar-refractivity contribution in [3.63, 3.8) is 0 Å². The number of carbonyl (C=O) groups excluding carboxylic acids is 2. The van der Waals surface area contributed by atoms with Crippen molar-refractivity contribution in [1.82, 2.24) is 4.90 Å². The lowest BCUT2D eigenvalue weighted by molar-refractivity contribution is -0.116. The average molecular weight is 411 g/mol. The lowest BCUT2D eigenvalue weighted by Gasteiger charge is -2.18. The van der Waals surface area contributed by atoms with E-state index in [0.717, 1.165) is 31.5 Å². The minimum Gasteiger partial charge on any atom is -0.490 e. The van der Waals surface area contributed by atoms with Crippen LogP contribution in [0.15, 0.2) is 42.5 Å². The molecule has 0 atom stereocenters. The minimum atomic E-state index is -0.122. The minimum absolute atomic E-state index is 0.0173. The number of aryl methyl sites for hydroxylation is 1. The predicted molar refractivity (Wildman–Crippen MR) is 117 cm³/mol. The Morgan fingerprint density at radius 2 is 1.67 bits per heavy atom. The van der Waals surface area contributed by atoms with E-state index in [4.69, 9.17) is 9.47 Å². The fourth-order valence-corrected chi connectivity index (χ4v) is 3.59. The van der Waals surface area contributed by atoms with Crippen molar-refractivity contribution in [1.29, 1.82) is 0 Å². The highest BCUT2D eigenvalue weighted by Crippen LogP contribution is 2.29. The summed E-state index contributed by atoms with van der Waals surface area (Å²) in [4.78, 5) is 27.2. The maximum Gasteiger partial charge on any atom is 0.255 e. The van der Waals surface area contributed by atoms with Gasteiger partial charge in [0.1, 0.15) is 0 Å². The summed E-state index contributed by atoms with van der Waals surface area (Å²) in [6, 6.07) is 13.0. The zero-order valence-corrected chi connectivity index (χ0v) is 17.8. The molecule has 3 rings (SSSR count). The first-order valence-corrected chi connectivity index (χ1v) is 10.7. The van der Waals surface area contributed by atoms with Crippen LogP contribution in [0.2, 0.25) is 0 Å². The zero-order valence-electron chi connectivity index (χ0n) is 17.8. The summed E-state index contributed by atoms with van der Waals surface area (Å²) in [5, 5.41) is 2.91. The van der Waals surface area contributed by atoms with E-state index < -0.39 is 0 Å². The quantitative estimate of drug-likeness (QED) is 0.670. The molecule has 1 aliphatic heterocycles. The van der Waals surface area contributed by atoms with E-state index in [-0.39, 0.29) is 11.8 Å². The van der Waals surface area contributed by atoms with E-state index in [1.54, 1.807) is 12.1 Å². The number of hydrogen-bond donors (Lipinski definition) is 1. The van der Waals surface area contributed by atoms with Crippen LogP contribution in [0.3, 0.4) is 0 Å². The van der Waals surface area contributed by atoms with Gasteiger partial charge in [-0.25, -0.2) is 0 Å². The molecule has 0 radical (unpaired) electrons. The summed E-state index contributed by atoms with van der Waals surface area (Å²) in [5.74, 6) is 1.26. The highest BCUT2D eigenvalue weighted by atomic mass is 16.5. The van der Waals surface area contributed by atoms with E-state index in [9.17, 15) is 9.59 Å². The number of benzene rings is 2. The molecule has 1 heterocycles. The van der Waals surface area contributed by atoms with Crippen LogP contribution in [0.5, 0.6) is 11.5 Å². The third kappa shape index (κ3) is 5.53. The van der Waals surface area contributed by atoms with Crippen LogP contribution in [0.25, 0.3) is 0 Å². The van der Waals surface area contributed by atoms with E-state index in [1.807, 2.05) is 49.1 Å². The van der Waals surface area contributed by atoms with Gasteiger partial charge in [-0.05, 0) is 62.9 Å². The fourth-order valence-electron chi connectivity index (χ4n) is 3.59. The Kier molecular flexibility index (Phi) is 7.71. The molecule has 1 saturated heterocycles. The monoisotopic (exact) mass is 410 g/mol. The molecule has 0 saturated carbocycles. The SMILES string of the molecule is CCOc1ccc(CCC(=O)Nc2ccccc2C(=O)N2CCCC2)cc1OCC. The number of nitrogens with zero attached hydrogens (tertiary/aromatic N) is 1. The Morgan fingerprint density at radius 3 is 2.40 bits per heavy atom. The van der Waals surface area contributed by atoms with E-state index >= 15 is 0 Å². The molecule has 2 aromatic carbocycles. The van der Waals surface area contributed by atoms with Gasteiger partial charge in [0.2, 0.25) is 5.91 Å². The molecule has 6 nitrogen and oxygen atoms in total. The molecule has 0 bridgehead atoms. The summed E-state index contributed by atoms with van der Waals surface area (Å²) < 4.78 is 11.2. The Hall–Kier alpha value is -3.02. The predicted octanol–water partition coefficient (Wildman–Crippen LogP) is 4.29. The summed E-state index contributed by atoms with van der Waals surface area (Å²) >= 11 is 0. The Morgan fingerprint density at radius 1 is 0.967 bits per heavy atom. The highest BCUT2D eigenvalue weighted by Gasteiger charge is 2.22. The number of amides is 2. The summed E-state index contributed by atoms with van der Waals surface area (Å²) in [7, 11) is 0. The van der Waals surface area contributed by atoms with E-state index in [1.165, 1.54) is 0 Å². The van der Waals surface area contributed by atoms with Crippen molar-refractivity contribution in [2.45, 2.75) is 39.5 Å². The van der Waals surface area contributed by atoms with Crippen molar-refractivity contribution < 1.29 is 19.1 Å². The number of rotatable bonds is 9. The fraction of sp³-hybridized carbons (Fsp3) is 0.417. The summed E-state index contributed by atoms with van der Waals surface area (Å²) in [6.07, 6.45) is 2.95. The standard InChI is InChI=1S/C24H30N2O4/c1-3-29-21-13-11-18(17-22(21)30-4-2)12-14-23(27)25-20-10-6-5-9-19(20)24(28)26-15-7-8-16-26/h5-6,9-11,13,17H,3-4,7-8,12,14-16H2,1-2H3,(H,25,27). The largest absolute Gasteiger partial charge is 0.490 e. The average Bonchev–Trinajstić information content (AvgIpc) is 3.29. The molecule has 1 fully saturated rings. The molecular formula is C24H30N2O4. The molecule has 160 valence electrons. The second kappa shape index (κ2) is 10.7. The van der Waals surface area contributed by atoms with Crippen molar-refractivity contribution in [2.24, 2.45) is 0 Å². The molecule has 1 N–H and O–H groups in total. The Labute approximate surface area is 178 Å². The van der Waals surface area contributed by atoms with Crippen LogP contribution in [0.1, 0.15) is 49.0 Å². The molecule has 1 aliphatic rings. The molecule has 0 aliphatic carbocycles. The number of ether oxygens (including phenoxy) is 2. The lowest BCUT2D eigenvalue weighted by atomic mass is 10.1. The van der Waals surface area contributed by atoms with Crippen LogP contribution in [0.4, 0.5) is 5.69 Å². The normalized spacial score (nSPS) is 13.2. The second-order valence-electron chi connectivity index (χ2n) is 7.24. The van der Waals surface area contributed by atoms with Crippen molar-refractivity contribution in [3.05, 3.63) is 53.6 Å². The third-order valence-electron chi connectivity index (χ3n) is 5.07. The molecule has 2 amide bonds. The maximum absolute atomic E-state index is 12.8. The highest BCUT2D eigenvalue weighted by molar-refractivity contribution is 6.03. The van der Waals surface area contributed by atoms with Gasteiger partial charge < -0.3 is 19.7 Å². The Bertz CT molecular complexity index is 875. The van der Waals surface area contributed by atoms with Crippen molar-refractivity contribution >= 4 is 17.5 Å². The zero-order chi connectivity index (χ0) is 21.3. The lowest BCUT2D eigenvalue weighted by Crippen LogP contribution is -2.28. The molecule has 6 heteroatoms. The van der Waals surface area contributed by atoms with Gasteiger partial charge in [0.25, 0.3) is 5.91 Å². The molecule has 0 unspecified atom stereocenters. The first-order valence-electron chi connectivity index (χ1n) is 10.7. The molecule has 0 aromatic heterocycles. The van der Waals surface area contributed by atoms with Gasteiger partial charge in [0.05, 0.1) is 24.5 Å². The second-order valence-corrected chi connectivity index (χ2v) is 7.24. The van der Waals surface area contributed by atoms with Crippen LogP contribution >= 0.6 is 0 Å². The van der Waals surface area contributed by atoms with E-state index in [2.05, 4.69) is 5.32 Å². The van der Waals surface area contributed by atoms with Gasteiger partial charge in [-0.1, -0.05) is 18.2 Å². The number of anilines is 1. The van der Waals surface area contributed by atoms with Gasteiger partial charge in [-0.15, -0.1) is 0 Å². The molecular weight excluding hydrogens is 380 g/mol. The van der Waals surface area contributed by atoms with Crippen LogP contribution < -0.4 is 14.8 Å². The first-order chi connectivity index (χ1) is 14.6. The maximum atomic E-state index is 12.8. The Balaban J connectivity index is 1.63. The number of hydrogen-bond acceptors (Lipinski definition) is 4. The molecule has 2 aromatic rings. The van der Waals surface area contributed by atoms with Crippen LogP contribution in [-0.2, 0) is 11.2 Å². The van der Waals surface area contributed by atoms with Crippen LogP contribution in [-0.4, -0.2) is 43.0 Å². The summed E-state index contributed by atoms with van der Waals surface area (Å²) in [5.41, 5.74) is 2.12. The first kappa shape index (κ1) is 21.7. The van der Waals surface area contributed by atoms with Gasteiger partial charge in [-0.2, -0.15) is 0 Å². The number of nitrogens with one attached hydrogen (secondary N) is 1. The molecule has 30 heavy (non-hydrogen) atoms. The van der Waals surface area contributed by atoms with Gasteiger partial charge in [0.15, 0.2) is 11.5 Å². The number of para-hydroxylation sites is 1. The van der Waals surface area contributed by atoms with Crippen LogP contribution in [0, 0.1) is 0 Å². The van der Waals surface area contributed by atoms with Gasteiger partial charge in [-0.3, -0.25) is 9.59 Å². The number of likely N-dealkylation sites (tertiary alicyclic amines) is 1. The third-order valence-corrected chi connectivity index (χ3v) is 5.07. The van der Waals surface area contributed by atoms with Crippen molar-refractivity contribution in [2.75, 3.05) is 31.6 Å². The summed E-state index contributed by atoms with van der Waals surface area (Å²) in [6.45, 7) is 6.53. The topological polar surface area (TPSA) is 67.9 Å². The van der Waals surface area contributed by atoms with Gasteiger partial charge in [0, 0.05) is 19.5 Å². The van der Waals surface area contributed by atoms with E-state index in [0.29, 0.717) is 48.8 Å².